The summed E-state index contributed by atoms with van der Waals surface area (Å²) in [4.78, 5) is 19.9. The minimum atomic E-state index is -0.128. The lowest BCUT2D eigenvalue weighted by Crippen LogP contribution is -2.41. The Labute approximate surface area is 165 Å². The zero-order valence-corrected chi connectivity index (χ0v) is 16.9. The molecule has 3 aromatic rings. The van der Waals surface area contributed by atoms with Crippen LogP contribution < -0.4 is 0 Å². The summed E-state index contributed by atoms with van der Waals surface area (Å²) < 4.78 is 7.09. The van der Waals surface area contributed by atoms with Crippen LogP contribution in [0, 0.1) is 6.92 Å². The van der Waals surface area contributed by atoms with Gasteiger partial charge in [-0.25, -0.2) is 9.50 Å². The number of benzene rings is 1. The third-order valence-electron chi connectivity index (χ3n) is 5.06. The molecule has 0 N–H and O–H groups in total. The highest BCUT2D eigenvalue weighted by Gasteiger charge is 2.25. The number of rotatable bonds is 2. The van der Waals surface area contributed by atoms with E-state index in [0.29, 0.717) is 37.6 Å². The molecule has 6 heteroatoms. The van der Waals surface area contributed by atoms with Gasteiger partial charge in [0, 0.05) is 30.1 Å². The Morgan fingerprint density at radius 2 is 1.75 bits per heavy atom. The normalized spacial score (nSPS) is 15.2. The minimum absolute atomic E-state index is 0.0346. The van der Waals surface area contributed by atoms with E-state index in [-0.39, 0.29) is 11.3 Å². The van der Waals surface area contributed by atoms with Gasteiger partial charge in [-0.05, 0) is 13.0 Å². The van der Waals surface area contributed by atoms with Crippen LogP contribution in [0.4, 0.5) is 0 Å². The highest BCUT2D eigenvalue weighted by atomic mass is 16.5. The fraction of sp³-hybridized carbons (Fsp3) is 0.409. The maximum Gasteiger partial charge on any atom is 0.272 e. The summed E-state index contributed by atoms with van der Waals surface area (Å²) in [6.45, 7) is 10.7. The zero-order valence-electron chi connectivity index (χ0n) is 16.9. The maximum absolute atomic E-state index is 13.3. The largest absolute Gasteiger partial charge is 0.378 e. The van der Waals surface area contributed by atoms with Gasteiger partial charge in [0.2, 0.25) is 0 Å². The number of carbonyl (C=O) groups excluding carboxylic acids is 1. The minimum Gasteiger partial charge on any atom is -0.378 e. The predicted octanol–water partition coefficient (Wildman–Crippen LogP) is 3.47. The SMILES string of the molecule is Cc1ccc(-c2cc(C(=O)N3CCOCC3)n3nc(C(C)(C)C)cc3n2)cc1. The van der Waals surface area contributed by atoms with Crippen LogP contribution >= 0.6 is 0 Å². The number of ether oxygens (including phenoxy) is 1. The van der Waals surface area contributed by atoms with E-state index >= 15 is 0 Å². The van der Waals surface area contributed by atoms with E-state index in [4.69, 9.17) is 14.8 Å². The summed E-state index contributed by atoms with van der Waals surface area (Å²) in [5.74, 6) is -0.0346. The third kappa shape index (κ3) is 3.52. The summed E-state index contributed by atoms with van der Waals surface area (Å²) in [5, 5.41) is 4.72. The topological polar surface area (TPSA) is 59.7 Å². The predicted molar refractivity (Wildman–Crippen MR) is 109 cm³/mol. The lowest BCUT2D eigenvalue weighted by molar-refractivity contribution is 0.0297. The molecule has 146 valence electrons. The molecule has 2 aromatic heterocycles. The van der Waals surface area contributed by atoms with Crippen LogP contribution in [-0.2, 0) is 10.2 Å². The van der Waals surface area contributed by atoms with E-state index in [1.165, 1.54) is 5.56 Å². The molecule has 1 saturated heterocycles. The molecule has 28 heavy (non-hydrogen) atoms. The van der Waals surface area contributed by atoms with Crippen molar-refractivity contribution in [1.82, 2.24) is 19.5 Å². The van der Waals surface area contributed by atoms with E-state index in [1.54, 1.807) is 4.52 Å². The van der Waals surface area contributed by atoms with Crippen molar-refractivity contribution in [3.05, 3.63) is 53.3 Å². The van der Waals surface area contributed by atoms with Crippen molar-refractivity contribution in [2.75, 3.05) is 26.3 Å². The molecule has 1 fully saturated rings. The molecule has 1 aliphatic rings. The van der Waals surface area contributed by atoms with E-state index in [0.717, 1.165) is 17.0 Å². The Kier molecular flexibility index (Phi) is 4.67. The Morgan fingerprint density at radius 3 is 2.39 bits per heavy atom. The number of aromatic nitrogens is 3. The van der Waals surface area contributed by atoms with Gasteiger partial charge in [0.15, 0.2) is 5.65 Å². The van der Waals surface area contributed by atoms with Gasteiger partial charge in [-0.2, -0.15) is 5.10 Å². The van der Waals surface area contributed by atoms with Crippen LogP contribution in [0.5, 0.6) is 0 Å². The molecule has 0 unspecified atom stereocenters. The van der Waals surface area contributed by atoms with Gasteiger partial charge in [-0.1, -0.05) is 50.6 Å². The van der Waals surface area contributed by atoms with Gasteiger partial charge in [-0.15, -0.1) is 0 Å². The van der Waals surface area contributed by atoms with Crippen LogP contribution in [0.15, 0.2) is 36.4 Å². The molecule has 0 aliphatic carbocycles. The highest BCUT2D eigenvalue weighted by Crippen LogP contribution is 2.26. The monoisotopic (exact) mass is 378 g/mol. The molecular formula is C22H26N4O2. The van der Waals surface area contributed by atoms with Crippen molar-refractivity contribution < 1.29 is 9.53 Å². The molecule has 0 bridgehead atoms. The molecule has 3 heterocycles. The Morgan fingerprint density at radius 1 is 1.07 bits per heavy atom. The molecule has 0 spiro atoms. The van der Waals surface area contributed by atoms with Crippen molar-refractivity contribution in [2.24, 2.45) is 0 Å². The summed E-state index contributed by atoms with van der Waals surface area (Å²) in [7, 11) is 0. The summed E-state index contributed by atoms with van der Waals surface area (Å²) in [6, 6.07) is 12.0. The smallest absolute Gasteiger partial charge is 0.272 e. The molecule has 4 rings (SSSR count). The second-order valence-electron chi connectivity index (χ2n) is 8.35. The van der Waals surface area contributed by atoms with Crippen LogP contribution in [0.2, 0.25) is 0 Å². The first-order valence-corrected chi connectivity index (χ1v) is 9.68. The third-order valence-corrected chi connectivity index (χ3v) is 5.06. The van der Waals surface area contributed by atoms with Crippen LogP contribution in [-0.4, -0.2) is 51.7 Å². The second-order valence-corrected chi connectivity index (χ2v) is 8.35. The first-order valence-electron chi connectivity index (χ1n) is 9.68. The lowest BCUT2D eigenvalue weighted by atomic mass is 9.93. The summed E-state index contributed by atoms with van der Waals surface area (Å²) in [6.07, 6.45) is 0. The van der Waals surface area contributed by atoms with E-state index in [9.17, 15) is 4.79 Å². The fourth-order valence-corrected chi connectivity index (χ4v) is 3.29. The highest BCUT2D eigenvalue weighted by molar-refractivity contribution is 5.94. The van der Waals surface area contributed by atoms with Gasteiger partial charge >= 0.3 is 0 Å². The van der Waals surface area contributed by atoms with Gasteiger partial charge in [0.1, 0.15) is 5.69 Å². The first kappa shape index (κ1) is 18.6. The average Bonchev–Trinajstić information content (AvgIpc) is 3.13. The lowest BCUT2D eigenvalue weighted by Gasteiger charge is -2.27. The van der Waals surface area contributed by atoms with Crippen molar-refractivity contribution in [3.8, 4) is 11.3 Å². The number of aryl methyl sites for hydroxylation is 1. The number of hydrogen-bond acceptors (Lipinski definition) is 4. The molecule has 0 radical (unpaired) electrons. The van der Waals surface area contributed by atoms with Gasteiger partial charge in [-0.3, -0.25) is 4.79 Å². The molecule has 0 atom stereocenters. The number of morpholine rings is 1. The van der Waals surface area contributed by atoms with E-state index in [2.05, 4.69) is 39.8 Å². The number of nitrogens with zero attached hydrogens (tertiary/aromatic N) is 4. The maximum atomic E-state index is 13.3. The number of carbonyl (C=O) groups is 1. The summed E-state index contributed by atoms with van der Waals surface area (Å²) >= 11 is 0. The molecular weight excluding hydrogens is 352 g/mol. The standard InChI is InChI=1S/C22H26N4O2/c1-15-5-7-16(8-6-15)17-13-18(21(27)25-9-11-28-12-10-25)26-20(23-17)14-19(24-26)22(2,3)4/h5-8,13-14H,9-12H2,1-4H3. The Hall–Kier alpha value is -2.73. The Balaban J connectivity index is 1.87. The number of amides is 1. The van der Waals surface area contributed by atoms with Crippen LogP contribution in [0.1, 0.15) is 42.5 Å². The number of fused-ring (bicyclic) bond motifs is 1. The zero-order chi connectivity index (χ0) is 19.9. The first-order chi connectivity index (χ1) is 13.3. The van der Waals surface area contributed by atoms with Gasteiger partial charge < -0.3 is 9.64 Å². The van der Waals surface area contributed by atoms with E-state index in [1.807, 2.05) is 29.2 Å². The number of hydrogen-bond donors (Lipinski definition) is 0. The molecule has 1 amide bonds. The summed E-state index contributed by atoms with van der Waals surface area (Å²) in [5.41, 5.74) is 4.98. The van der Waals surface area contributed by atoms with E-state index < -0.39 is 0 Å². The van der Waals surface area contributed by atoms with Crippen LogP contribution in [0.25, 0.3) is 16.9 Å². The average molecular weight is 378 g/mol. The van der Waals surface area contributed by atoms with Crippen molar-refractivity contribution >= 4 is 11.6 Å². The molecule has 1 aromatic carbocycles. The van der Waals surface area contributed by atoms with Crippen molar-refractivity contribution in [1.29, 1.82) is 0 Å². The van der Waals surface area contributed by atoms with Crippen LogP contribution in [0.3, 0.4) is 0 Å². The van der Waals surface area contributed by atoms with Gasteiger partial charge in [0.25, 0.3) is 5.91 Å². The van der Waals surface area contributed by atoms with Gasteiger partial charge in [0.05, 0.1) is 24.6 Å². The molecule has 1 aliphatic heterocycles. The van der Waals surface area contributed by atoms with Crippen molar-refractivity contribution in [3.63, 3.8) is 0 Å². The molecule has 0 saturated carbocycles. The fourth-order valence-electron chi connectivity index (χ4n) is 3.29. The Bertz CT molecular complexity index is 1010. The van der Waals surface area contributed by atoms with Crippen molar-refractivity contribution in [2.45, 2.75) is 33.1 Å². The molecule has 6 nitrogen and oxygen atoms in total. The quantitative estimate of drug-likeness (QED) is 0.685. The second kappa shape index (κ2) is 7.02.